The predicted octanol–water partition coefficient (Wildman–Crippen LogP) is 3.43. The average Bonchev–Trinajstić information content (AvgIpc) is 3.05. The molecule has 2 aliphatic rings. The number of nitrogens with zero attached hydrogens (tertiary/aromatic N) is 1. The zero-order chi connectivity index (χ0) is 18.1. The van der Waals surface area contributed by atoms with Crippen molar-refractivity contribution < 1.29 is 9.53 Å². The Balaban J connectivity index is 1.51. The highest BCUT2D eigenvalue weighted by Gasteiger charge is 2.43. The fourth-order valence-electron chi connectivity index (χ4n) is 4.03. The monoisotopic (exact) mass is 368 g/mol. The molecule has 4 nitrogen and oxygen atoms in total. The molecule has 2 heterocycles. The smallest absolute Gasteiger partial charge is 0.253 e. The van der Waals surface area contributed by atoms with Crippen molar-refractivity contribution in [1.29, 1.82) is 0 Å². The van der Waals surface area contributed by atoms with Gasteiger partial charge in [0, 0.05) is 41.1 Å². The van der Waals surface area contributed by atoms with E-state index in [1.807, 2.05) is 47.6 Å². The van der Waals surface area contributed by atoms with Crippen LogP contribution in [-0.2, 0) is 12.0 Å². The zero-order valence-electron chi connectivity index (χ0n) is 15.0. The number of hydrogen-bond acceptors (Lipinski definition) is 4. The van der Waals surface area contributed by atoms with Crippen LogP contribution in [0.25, 0.3) is 0 Å². The molecule has 0 saturated carbocycles. The molecule has 136 valence electrons. The summed E-state index contributed by atoms with van der Waals surface area (Å²) in [6, 6.07) is 14.2. The Hall–Kier alpha value is -1.98. The molecule has 1 amide bonds. The third-order valence-corrected chi connectivity index (χ3v) is 6.40. The van der Waals surface area contributed by atoms with Gasteiger partial charge in [-0.3, -0.25) is 4.79 Å². The van der Waals surface area contributed by atoms with E-state index in [-0.39, 0.29) is 11.3 Å². The van der Waals surface area contributed by atoms with Gasteiger partial charge in [0.25, 0.3) is 5.91 Å². The molecule has 2 aromatic rings. The number of thioether (sulfide) groups is 1. The van der Waals surface area contributed by atoms with Crippen LogP contribution in [0.1, 0.15) is 34.3 Å². The molecule has 4 rings (SSSR count). The van der Waals surface area contributed by atoms with E-state index in [1.54, 1.807) is 11.8 Å². The highest BCUT2D eigenvalue weighted by Crippen LogP contribution is 2.46. The van der Waals surface area contributed by atoms with Crippen LogP contribution >= 0.6 is 11.8 Å². The minimum Gasteiger partial charge on any atom is -0.492 e. The van der Waals surface area contributed by atoms with Crippen LogP contribution in [0.3, 0.4) is 0 Å². The maximum absolute atomic E-state index is 12.9. The molecule has 2 N–H and O–H groups in total. The van der Waals surface area contributed by atoms with Crippen LogP contribution in [-0.4, -0.2) is 36.8 Å². The first-order valence-corrected chi connectivity index (χ1v) is 10.3. The van der Waals surface area contributed by atoms with Crippen molar-refractivity contribution in [3.05, 3.63) is 59.2 Å². The minimum atomic E-state index is 0.0262. The summed E-state index contributed by atoms with van der Waals surface area (Å²) in [5, 5.41) is 0. The number of fused-ring (bicyclic) bond motifs is 2. The maximum Gasteiger partial charge on any atom is 0.253 e. The lowest BCUT2D eigenvalue weighted by atomic mass is 9.74. The van der Waals surface area contributed by atoms with Crippen LogP contribution in [0.5, 0.6) is 5.75 Å². The molecule has 1 spiro atoms. The van der Waals surface area contributed by atoms with Gasteiger partial charge in [-0.25, -0.2) is 0 Å². The van der Waals surface area contributed by atoms with E-state index >= 15 is 0 Å². The summed E-state index contributed by atoms with van der Waals surface area (Å²) in [7, 11) is 0. The molecular formula is C21H24N2O2S. The van der Waals surface area contributed by atoms with Crippen molar-refractivity contribution in [2.75, 3.05) is 26.0 Å². The summed E-state index contributed by atoms with van der Waals surface area (Å²) in [4.78, 5) is 16.0. The molecule has 1 saturated heterocycles. The summed E-state index contributed by atoms with van der Waals surface area (Å²) < 4.78 is 5.95. The van der Waals surface area contributed by atoms with Gasteiger partial charge in [0.05, 0.1) is 6.61 Å². The molecule has 0 unspecified atom stereocenters. The van der Waals surface area contributed by atoms with Gasteiger partial charge in [-0.1, -0.05) is 18.2 Å². The summed E-state index contributed by atoms with van der Waals surface area (Å²) in [5.74, 6) is 1.11. The molecule has 2 aromatic carbocycles. The van der Waals surface area contributed by atoms with Crippen LogP contribution in [0.4, 0.5) is 0 Å². The molecule has 26 heavy (non-hydrogen) atoms. The second-order valence-electron chi connectivity index (χ2n) is 7.13. The van der Waals surface area contributed by atoms with Crippen molar-refractivity contribution in [3.8, 4) is 5.75 Å². The van der Waals surface area contributed by atoms with Gasteiger partial charge in [0.1, 0.15) is 5.75 Å². The maximum atomic E-state index is 12.9. The van der Waals surface area contributed by atoms with E-state index in [9.17, 15) is 4.79 Å². The van der Waals surface area contributed by atoms with Crippen molar-refractivity contribution in [2.24, 2.45) is 5.73 Å². The Morgan fingerprint density at radius 1 is 1.23 bits per heavy atom. The number of hydrogen-bond donors (Lipinski definition) is 1. The Morgan fingerprint density at radius 3 is 2.77 bits per heavy atom. The first-order valence-electron chi connectivity index (χ1n) is 9.05. The minimum absolute atomic E-state index is 0.0262. The molecule has 1 fully saturated rings. The largest absolute Gasteiger partial charge is 0.492 e. The fraction of sp³-hybridized carbons (Fsp3) is 0.381. The molecule has 0 aromatic heterocycles. The zero-order valence-corrected chi connectivity index (χ0v) is 15.8. The quantitative estimate of drug-likeness (QED) is 0.844. The Labute approximate surface area is 158 Å². The first-order chi connectivity index (χ1) is 12.6. The van der Waals surface area contributed by atoms with Gasteiger partial charge in [0.15, 0.2) is 0 Å². The number of carbonyl (C=O) groups is 1. The van der Waals surface area contributed by atoms with Gasteiger partial charge in [-0.05, 0) is 48.9 Å². The van der Waals surface area contributed by atoms with Gasteiger partial charge in [-0.15, -0.1) is 11.8 Å². The summed E-state index contributed by atoms with van der Waals surface area (Å²) >= 11 is 1.66. The Kier molecular flexibility index (Phi) is 4.67. The molecule has 2 aliphatic heterocycles. The third kappa shape index (κ3) is 2.99. The number of rotatable bonds is 3. The Bertz CT molecular complexity index is 829. The van der Waals surface area contributed by atoms with Crippen LogP contribution in [0.15, 0.2) is 47.4 Å². The van der Waals surface area contributed by atoms with Crippen molar-refractivity contribution in [2.45, 2.75) is 29.7 Å². The number of likely N-dealkylation sites (tertiary alicyclic amines) is 1. The van der Waals surface area contributed by atoms with E-state index in [2.05, 4.69) is 6.07 Å². The lowest BCUT2D eigenvalue weighted by Gasteiger charge is -2.38. The van der Waals surface area contributed by atoms with Crippen molar-refractivity contribution in [3.63, 3.8) is 0 Å². The van der Waals surface area contributed by atoms with E-state index < -0.39 is 0 Å². The predicted molar refractivity (Wildman–Crippen MR) is 105 cm³/mol. The number of carbonyl (C=O) groups excluding carboxylic acids is 1. The van der Waals surface area contributed by atoms with Gasteiger partial charge in [0.2, 0.25) is 0 Å². The van der Waals surface area contributed by atoms with Crippen molar-refractivity contribution in [1.82, 2.24) is 4.90 Å². The summed E-state index contributed by atoms with van der Waals surface area (Å²) in [5.41, 5.74) is 9.04. The highest BCUT2D eigenvalue weighted by atomic mass is 32.2. The molecular weight excluding hydrogens is 344 g/mol. The Morgan fingerprint density at radius 2 is 2.04 bits per heavy atom. The summed E-state index contributed by atoms with van der Waals surface area (Å²) in [6.45, 7) is 2.77. The average molecular weight is 369 g/mol. The number of ether oxygens (including phenoxy) is 1. The van der Waals surface area contributed by atoms with E-state index in [0.29, 0.717) is 13.2 Å². The first kappa shape index (κ1) is 17.4. The standard InChI is InChI=1S/C21H24N2O2S/c1-26-17-4-2-3-16(12-17)20(24)23-9-7-21(8-10-23)14-25-19-6-5-15(13-22)11-18(19)21/h2-6,11-12H,7-10,13-14,22H2,1H3. The van der Waals surface area contributed by atoms with E-state index in [4.69, 9.17) is 10.5 Å². The SMILES string of the molecule is CSc1cccc(C(=O)N2CCC3(CC2)COc2ccc(CN)cc23)c1. The lowest BCUT2D eigenvalue weighted by molar-refractivity contribution is 0.0646. The number of amides is 1. The lowest BCUT2D eigenvalue weighted by Crippen LogP contribution is -2.46. The fourth-order valence-corrected chi connectivity index (χ4v) is 4.49. The van der Waals surface area contributed by atoms with Crippen LogP contribution in [0.2, 0.25) is 0 Å². The van der Waals surface area contributed by atoms with E-state index in [1.165, 1.54) is 5.56 Å². The van der Waals surface area contributed by atoms with Gasteiger partial charge < -0.3 is 15.4 Å². The molecule has 5 heteroatoms. The highest BCUT2D eigenvalue weighted by molar-refractivity contribution is 7.98. The summed E-state index contributed by atoms with van der Waals surface area (Å²) in [6.07, 6.45) is 3.89. The molecule has 0 atom stereocenters. The van der Waals surface area contributed by atoms with Gasteiger partial charge in [-0.2, -0.15) is 0 Å². The second-order valence-corrected chi connectivity index (χ2v) is 8.01. The molecule has 0 radical (unpaired) electrons. The van der Waals surface area contributed by atoms with Crippen molar-refractivity contribution >= 4 is 17.7 Å². The van der Waals surface area contributed by atoms with E-state index in [0.717, 1.165) is 47.7 Å². The third-order valence-electron chi connectivity index (χ3n) is 5.68. The molecule has 0 bridgehead atoms. The number of benzene rings is 2. The van der Waals surface area contributed by atoms with Crippen LogP contribution in [0, 0.1) is 0 Å². The second kappa shape index (κ2) is 6.97. The number of nitrogens with two attached hydrogens (primary N) is 1. The molecule has 0 aliphatic carbocycles. The van der Waals surface area contributed by atoms with Gasteiger partial charge >= 0.3 is 0 Å². The normalized spacial score (nSPS) is 17.8. The number of piperidine rings is 1. The topological polar surface area (TPSA) is 55.6 Å². The van der Waals surface area contributed by atoms with Crippen LogP contribution < -0.4 is 10.5 Å².